The van der Waals surface area contributed by atoms with Crippen molar-refractivity contribution in [3.8, 4) is 0 Å². The lowest BCUT2D eigenvalue weighted by molar-refractivity contribution is 0.743. The molecule has 0 aliphatic heterocycles. The van der Waals surface area contributed by atoms with Crippen LogP contribution in [0.15, 0.2) is 30.5 Å². The molecule has 1 heteroatoms. The van der Waals surface area contributed by atoms with Crippen molar-refractivity contribution in [2.24, 2.45) is 0 Å². The van der Waals surface area contributed by atoms with Crippen LogP contribution in [-0.4, -0.2) is 4.57 Å². The molecule has 0 atom stereocenters. The highest BCUT2D eigenvalue weighted by molar-refractivity contribution is 5.37. The van der Waals surface area contributed by atoms with Gasteiger partial charge in [0.25, 0.3) is 0 Å². The first-order valence-electron chi connectivity index (χ1n) is 6.32. The van der Waals surface area contributed by atoms with Crippen LogP contribution < -0.4 is 0 Å². The third kappa shape index (κ3) is 2.44. The number of rotatable bonds is 3. The highest BCUT2D eigenvalue weighted by Gasteiger charge is 2.06. The van der Waals surface area contributed by atoms with E-state index in [1.165, 1.54) is 27.9 Å². The molecule has 2 aromatic rings. The van der Waals surface area contributed by atoms with Gasteiger partial charge in [-0.15, -0.1) is 0 Å². The van der Waals surface area contributed by atoms with Crippen molar-refractivity contribution in [1.82, 2.24) is 4.57 Å². The highest BCUT2D eigenvalue weighted by atomic mass is 15.0. The molecule has 90 valence electrons. The van der Waals surface area contributed by atoms with Gasteiger partial charge in [-0.25, -0.2) is 0 Å². The van der Waals surface area contributed by atoms with Gasteiger partial charge in [-0.1, -0.05) is 24.6 Å². The molecule has 1 aromatic carbocycles. The molecular formula is C16H21N. The Morgan fingerprint density at radius 1 is 1.06 bits per heavy atom. The fourth-order valence-corrected chi connectivity index (χ4v) is 2.55. The predicted octanol–water partition coefficient (Wildman–Crippen LogP) is 4.02. The fraction of sp³-hybridized carbons (Fsp3) is 0.375. The molecule has 0 spiro atoms. The Morgan fingerprint density at radius 3 is 2.29 bits per heavy atom. The summed E-state index contributed by atoms with van der Waals surface area (Å²) in [4.78, 5) is 0. The van der Waals surface area contributed by atoms with E-state index in [0.29, 0.717) is 0 Å². The van der Waals surface area contributed by atoms with E-state index in [-0.39, 0.29) is 0 Å². The van der Waals surface area contributed by atoms with Gasteiger partial charge in [-0.05, 0) is 56.0 Å². The average Bonchev–Trinajstić information content (AvgIpc) is 2.70. The van der Waals surface area contributed by atoms with Gasteiger partial charge in [-0.2, -0.15) is 0 Å². The zero-order valence-corrected chi connectivity index (χ0v) is 11.2. The Labute approximate surface area is 104 Å². The van der Waals surface area contributed by atoms with Crippen molar-refractivity contribution in [1.29, 1.82) is 0 Å². The van der Waals surface area contributed by atoms with E-state index in [0.717, 1.165) is 13.0 Å². The molecule has 0 bridgehead atoms. The standard InChI is InChI=1S/C16H21N/c1-5-15-7-6-8-17(15)11-16-13(3)9-12(2)10-14(16)4/h6-10H,5,11H2,1-4H3. The van der Waals surface area contributed by atoms with Crippen molar-refractivity contribution >= 4 is 0 Å². The van der Waals surface area contributed by atoms with Crippen molar-refractivity contribution < 1.29 is 0 Å². The second kappa shape index (κ2) is 4.79. The Kier molecular flexibility index (Phi) is 3.37. The molecule has 2 rings (SSSR count). The molecule has 1 aromatic heterocycles. The van der Waals surface area contributed by atoms with Crippen molar-refractivity contribution in [2.45, 2.75) is 40.7 Å². The SMILES string of the molecule is CCc1cccn1Cc1c(C)cc(C)cc1C. The zero-order chi connectivity index (χ0) is 12.4. The lowest BCUT2D eigenvalue weighted by atomic mass is 10.00. The van der Waals surface area contributed by atoms with Gasteiger partial charge in [0.05, 0.1) is 0 Å². The topological polar surface area (TPSA) is 4.93 Å². The first-order valence-corrected chi connectivity index (χ1v) is 6.32. The number of hydrogen-bond donors (Lipinski definition) is 0. The summed E-state index contributed by atoms with van der Waals surface area (Å²) in [5.41, 5.74) is 7.02. The maximum atomic E-state index is 2.35. The summed E-state index contributed by atoms with van der Waals surface area (Å²) in [6, 6.07) is 8.89. The number of aryl methyl sites for hydroxylation is 4. The molecule has 0 amide bonds. The number of aromatic nitrogens is 1. The largest absolute Gasteiger partial charge is 0.347 e. The molecule has 0 saturated heterocycles. The van der Waals surface area contributed by atoms with Crippen LogP contribution in [0, 0.1) is 20.8 Å². The predicted molar refractivity (Wildman–Crippen MR) is 73.6 cm³/mol. The fourth-order valence-electron chi connectivity index (χ4n) is 2.55. The minimum atomic E-state index is 0.994. The van der Waals surface area contributed by atoms with Crippen LogP contribution in [-0.2, 0) is 13.0 Å². The Morgan fingerprint density at radius 2 is 1.71 bits per heavy atom. The van der Waals surface area contributed by atoms with Crippen LogP contribution in [0.1, 0.15) is 34.9 Å². The third-order valence-corrected chi connectivity index (χ3v) is 3.45. The minimum Gasteiger partial charge on any atom is -0.347 e. The van der Waals surface area contributed by atoms with Crippen LogP contribution in [0.3, 0.4) is 0 Å². The molecule has 0 radical (unpaired) electrons. The summed E-state index contributed by atoms with van der Waals surface area (Å²) in [6.45, 7) is 9.79. The Balaban J connectivity index is 2.36. The lowest BCUT2D eigenvalue weighted by Crippen LogP contribution is -2.05. The summed E-state index contributed by atoms with van der Waals surface area (Å²) >= 11 is 0. The second-order valence-electron chi connectivity index (χ2n) is 4.86. The van der Waals surface area contributed by atoms with E-state index in [2.05, 4.69) is 62.7 Å². The molecule has 0 aliphatic carbocycles. The van der Waals surface area contributed by atoms with Crippen molar-refractivity contribution in [3.05, 3.63) is 58.4 Å². The molecule has 0 N–H and O–H groups in total. The van der Waals surface area contributed by atoms with Crippen LogP contribution in [0.5, 0.6) is 0 Å². The number of hydrogen-bond acceptors (Lipinski definition) is 0. The van der Waals surface area contributed by atoms with E-state index in [9.17, 15) is 0 Å². The van der Waals surface area contributed by atoms with Crippen LogP contribution in [0.4, 0.5) is 0 Å². The normalized spacial score (nSPS) is 10.8. The zero-order valence-electron chi connectivity index (χ0n) is 11.2. The molecule has 0 saturated carbocycles. The Hall–Kier alpha value is -1.50. The average molecular weight is 227 g/mol. The summed E-state index contributed by atoms with van der Waals surface area (Å²) in [6.07, 6.45) is 3.27. The molecule has 0 unspecified atom stereocenters. The summed E-state index contributed by atoms with van der Waals surface area (Å²) in [5, 5.41) is 0. The lowest BCUT2D eigenvalue weighted by Gasteiger charge is -2.14. The van der Waals surface area contributed by atoms with Crippen molar-refractivity contribution in [3.63, 3.8) is 0 Å². The van der Waals surface area contributed by atoms with E-state index in [1.807, 2.05) is 0 Å². The van der Waals surface area contributed by atoms with Gasteiger partial charge in [0, 0.05) is 18.4 Å². The van der Waals surface area contributed by atoms with Gasteiger partial charge in [-0.3, -0.25) is 0 Å². The van der Waals surface area contributed by atoms with Gasteiger partial charge < -0.3 is 4.57 Å². The summed E-state index contributed by atoms with van der Waals surface area (Å²) in [5.74, 6) is 0. The number of nitrogens with zero attached hydrogens (tertiary/aromatic N) is 1. The third-order valence-electron chi connectivity index (χ3n) is 3.45. The molecular weight excluding hydrogens is 206 g/mol. The van der Waals surface area contributed by atoms with E-state index >= 15 is 0 Å². The summed E-state index contributed by atoms with van der Waals surface area (Å²) in [7, 11) is 0. The van der Waals surface area contributed by atoms with Crippen LogP contribution in [0.2, 0.25) is 0 Å². The molecule has 0 aliphatic rings. The van der Waals surface area contributed by atoms with Gasteiger partial charge >= 0.3 is 0 Å². The van der Waals surface area contributed by atoms with E-state index in [1.54, 1.807) is 0 Å². The van der Waals surface area contributed by atoms with E-state index in [4.69, 9.17) is 0 Å². The molecule has 17 heavy (non-hydrogen) atoms. The highest BCUT2D eigenvalue weighted by Crippen LogP contribution is 2.18. The summed E-state index contributed by atoms with van der Waals surface area (Å²) < 4.78 is 2.35. The minimum absolute atomic E-state index is 0.994. The second-order valence-corrected chi connectivity index (χ2v) is 4.86. The quantitative estimate of drug-likeness (QED) is 0.746. The van der Waals surface area contributed by atoms with Gasteiger partial charge in [0.1, 0.15) is 0 Å². The first-order chi connectivity index (χ1) is 8.11. The maximum absolute atomic E-state index is 2.35. The van der Waals surface area contributed by atoms with E-state index < -0.39 is 0 Å². The van der Waals surface area contributed by atoms with Crippen LogP contribution >= 0.6 is 0 Å². The smallest absolute Gasteiger partial charge is 0.0478 e. The first kappa shape index (κ1) is 12.0. The number of benzene rings is 1. The van der Waals surface area contributed by atoms with Gasteiger partial charge in [0.2, 0.25) is 0 Å². The van der Waals surface area contributed by atoms with Crippen LogP contribution in [0.25, 0.3) is 0 Å². The maximum Gasteiger partial charge on any atom is 0.0478 e. The molecule has 1 nitrogen and oxygen atoms in total. The molecule has 0 fully saturated rings. The molecule has 1 heterocycles. The van der Waals surface area contributed by atoms with Crippen molar-refractivity contribution in [2.75, 3.05) is 0 Å². The monoisotopic (exact) mass is 227 g/mol. The van der Waals surface area contributed by atoms with Gasteiger partial charge in [0.15, 0.2) is 0 Å². The Bertz CT molecular complexity index is 497.